The number of hydrogen-bond donors (Lipinski definition) is 2. The second-order valence-corrected chi connectivity index (χ2v) is 16.9. The molecule has 0 saturated carbocycles. The van der Waals surface area contributed by atoms with E-state index in [0.29, 0.717) is 16.7 Å². The molecule has 2 aromatic heterocycles. The third kappa shape index (κ3) is 10.0. The van der Waals surface area contributed by atoms with E-state index in [9.17, 15) is 18.5 Å². The standard InChI is InChI=1S/C42H45N9O4S2/c1-48(2)21-19-33(29-56-35-13-7-4-8-14-35)46-38-18-16-36(27-40(38)51(52)53)57(54,55)47-42-37-17-15-34(26-39(37)44-30-45-42)50-24-22-49(23-25-50)28-32-12-9-20-43-41(32)31-10-5-3-6-11-31/h3-18,20,26-27,30,33,46H,19,21-25,28-29H2,1-2H3,(H,44,45,47). The van der Waals surface area contributed by atoms with Crippen LogP contribution in [0.4, 0.5) is 22.9 Å². The fourth-order valence-electron chi connectivity index (χ4n) is 6.83. The summed E-state index contributed by atoms with van der Waals surface area (Å²) >= 11 is 1.66. The van der Waals surface area contributed by atoms with Crippen LogP contribution in [0.2, 0.25) is 0 Å². The highest BCUT2D eigenvalue weighted by atomic mass is 32.2. The van der Waals surface area contributed by atoms with Crippen LogP contribution >= 0.6 is 11.8 Å². The van der Waals surface area contributed by atoms with Crippen molar-refractivity contribution in [2.45, 2.75) is 28.8 Å². The number of anilines is 3. The first kappa shape index (κ1) is 39.6. The van der Waals surface area contributed by atoms with Gasteiger partial charge in [-0.3, -0.25) is 24.7 Å². The summed E-state index contributed by atoms with van der Waals surface area (Å²) in [5, 5.41) is 16.1. The summed E-state index contributed by atoms with van der Waals surface area (Å²) in [6.07, 6.45) is 3.88. The van der Waals surface area contributed by atoms with Gasteiger partial charge < -0.3 is 15.1 Å². The number of hydrogen-bond acceptors (Lipinski definition) is 12. The molecule has 1 fully saturated rings. The maximum absolute atomic E-state index is 13.7. The molecule has 0 aliphatic carbocycles. The molecule has 3 heterocycles. The molecule has 0 bridgehead atoms. The lowest BCUT2D eigenvalue weighted by atomic mass is 10.1. The van der Waals surface area contributed by atoms with Crippen LogP contribution in [0, 0.1) is 10.1 Å². The Morgan fingerprint density at radius 2 is 1.63 bits per heavy atom. The molecule has 2 N–H and O–H groups in total. The molecule has 4 aromatic carbocycles. The van der Waals surface area contributed by atoms with Crippen LogP contribution in [0.3, 0.4) is 0 Å². The number of benzene rings is 4. The van der Waals surface area contributed by atoms with Gasteiger partial charge in [0, 0.05) is 78.3 Å². The number of pyridine rings is 1. The highest BCUT2D eigenvalue weighted by molar-refractivity contribution is 7.99. The molecule has 1 atom stereocenters. The summed E-state index contributed by atoms with van der Waals surface area (Å²) in [5.41, 5.74) is 4.78. The summed E-state index contributed by atoms with van der Waals surface area (Å²) in [6.45, 7) is 4.91. The van der Waals surface area contributed by atoms with Crippen molar-refractivity contribution < 1.29 is 13.3 Å². The van der Waals surface area contributed by atoms with E-state index < -0.39 is 14.9 Å². The Bertz CT molecular complexity index is 2410. The van der Waals surface area contributed by atoms with Crippen LogP contribution in [0.5, 0.6) is 0 Å². The topological polar surface area (TPSA) is 150 Å². The van der Waals surface area contributed by atoms with Gasteiger partial charge in [-0.25, -0.2) is 18.4 Å². The van der Waals surface area contributed by atoms with Crippen molar-refractivity contribution in [2.75, 3.05) is 67.5 Å². The van der Waals surface area contributed by atoms with Crippen LogP contribution in [-0.4, -0.2) is 96.7 Å². The minimum atomic E-state index is -4.26. The number of nitro groups is 1. The van der Waals surface area contributed by atoms with E-state index in [1.165, 1.54) is 24.0 Å². The second-order valence-electron chi connectivity index (χ2n) is 14.2. The number of nitrogens with one attached hydrogen (secondary N) is 2. The number of thioether (sulfide) groups is 1. The van der Waals surface area contributed by atoms with Gasteiger partial charge in [-0.1, -0.05) is 54.6 Å². The zero-order valence-electron chi connectivity index (χ0n) is 31.9. The number of sulfonamides is 1. The fourth-order valence-corrected chi connectivity index (χ4v) is 8.88. The summed E-state index contributed by atoms with van der Waals surface area (Å²) in [7, 11) is -0.307. The predicted molar refractivity (Wildman–Crippen MR) is 228 cm³/mol. The molecule has 0 amide bonds. The van der Waals surface area contributed by atoms with E-state index >= 15 is 0 Å². The monoisotopic (exact) mass is 803 g/mol. The Morgan fingerprint density at radius 1 is 0.877 bits per heavy atom. The molecule has 6 aromatic rings. The first-order valence-corrected chi connectivity index (χ1v) is 21.2. The Balaban J connectivity index is 1.03. The van der Waals surface area contributed by atoms with Crippen molar-refractivity contribution in [3.05, 3.63) is 137 Å². The summed E-state index contributed by atoms with van der Waals surface area (Å²) < 4.78 is 30.0. The van der Waals surface area contributed by atoms with E-state index in [1.54, 1.807) is 11.8 Å². The number of piperazine rings is 1. The minimum absolute atomic E-state index is 0.0913. The van der Waals surface area contributed by atoms with E-state index in [2.05, 4.69) is 57.9 Å². The van der Waals surface area contributed by atoms with Crippen molar-refractivity contribution >= 4 is 55.6 Å². The minimum Gasteiger partial charge on any atom is -0.376 e. The number of nitro benzene ring substituents is 1. The van der Waals surface area contributed by atoms with Crippen LogP contribution in [0.25, 0.3) is 22.2 Å². The van der Waals surface area contributed by atoms with Gasteiger partial charge >= 0.3 is 0 Å². The Morgan fingerprint density at radius 3 is 2.37 bits per heavy atom. The first-order chi connectivity index (χ1) is 27.6. The molecule has 13 nitrogen and oxygen atoms in total. The molecule has 1 saturated heterocycles. The van der Waals surface area contributed by atoms with Crippen molar-refractivity contribution in [3.8, 4) is 11.3 Å². The molecule has 294 valence electrons. The maximum Gasteiger partial charge on any atom is 0.293 e. The number of fused-ring (bicyclic) bond motifs is 1. The van der Waals surface area contributed by atoms with Gasteiger partial charge in [0.05, 0.1) is 21.0 Å². The molecule has 1 aliphatic heterocycles. The molecule has 1 aliphatic rings. The van der Waals surface area contributed by atoms with Crippen LogP contribution < -0.4 is 14.9 Å². The van der Waals surface area contributed by atoms with Gasteiger partial charge in [0.15, 0.2) is 5.82 Å². The van der Waals surface area contributed by atoms with Gasteiger partial charge in [-0.2, -0.15) is 0 Å². The van der Waals surface area contributed by atoms with Crippen LogP contribution in [0.1, 0.15) is 12.0 Å². The van der Waals surface area contributed by atoms with E-state index in [4.69, 9.17) is 0 Å². The van der Waals surface area contributed by atoms with Crippen molar-refractivity contribution in [2.24, 2.45) is 0 Å². The van der Waals surface area contributed by atoms with Gasteiger partial charge in [-0.15, -0.1) is 11.8 Å². The Labute approximate surface area is 337 Å². The van der Waals surface area contributed by atoms with Crippen LogP contribution in [0.15, 0.2) is 132 Å². The first-order valence-electron chi connectivity index (χ1n) is 18.7. The normalized spacial score (nSPS) is 14.1. The smallest absolute Gasteiger partial charge is 0.293 e. The number of nitrogens with zero attached hydrogens (tertiary/aromatic N) is 7. The average Bonchev–Trinajstić information content (AvgIpc) is 3.22. The average molecular weight is 804 g/mol. The SMILES string of the molecule is CN(C)CCC(CSc1ccccc1)Nc1ccc(S(=O)(=O)Nc2ncnc3cc(N4CCN(Cc5cccnc5-c5ccccc5)CC4)ccc23)cc1[N+](=O)[O-]. The summed E-state index contributed by atoms with van der Waals surface area (Å²) in [4.78, 5) is 32.8. The highest BCUT2D eigenvalue weighted by Gasteiger charge is 2.25. The van der Waals surface area contributed by atoms with Crippen molar-refractivity contribution in [1.29, 1.82) is 0 Å². The van der Waals surface area contributed by atoms with E-state index in [0.717, 1.165) is 73.6 Å². The second kappa shape index (κ2) is 18.1. The van der Waals surface area contributed by atoms with Crippen molar-refractivity contribution in [1.82, 2.24) is 24.8 Å². The third-order valence-electron chi connectivity index (χ3n) is 9.88. The van der Waals surface area contributed by atoms with E-state index in [1.807, 2.05) is 93.1 Å². The lowest BCUT2D eigenvalue weighted by molar-refractivity contribution is -0.384. The van der Waals surface area contributed by atoms with Gasteiger partial charge in [-0.05, 0) is 81.2 Å². The molecule has 0 spiro atoms. The van der Waals surface area contributed by atoms with Crippen LogP contribution in [-0.2, 0) is 16.6 Å². The zero-order valence-corrected chi connectivity index (χ0v) is 33.5. The Kier molecular flexibility index (Phi) is 12.6. The lowest BCUT2D eigenvalue weighted by Gasteiger charge is -2.36. The van der Waals surface area contributed by atoms with Gasteiger partial charge in [0.1, 0.15) is 12.0 Å². The number of rotatable bonds is 16. The fraction of sp³-hybridized carbons (Fsp3) is 0.262. The van der Waals surface area contributed by atoms with Gasteiger partial charge in [0.25, 0.3) is 15.7 Å². The quantitative estimate of drug-likeness (QED) is 0.0577. The molecule has 15 heteroatoms. The van der Waals surface area contributed by atoms with Gasteiger partial charge in [0.2, 0.25) is 0 Å². The van der Waals surface area contributed by atoms with E-state index in [-0.39, 0.29) is 28.1 Å². The third-order valence-corrected chi connectivity index (χ3v) is 12.4. The Hall–Kier alpha value is -5.61. The summed E-state index contributed by atoms with van der Waals surface area (Å²) in [6, 6.07) is 33.8. The zero-order chi connectivity index (χ0) is 39.8. The molecular weight excluding hydrogens is 759 g/mol. The molecule has 1 unspecified atom stereocenters. The molecular formula is C42H45N9O4S2. The maximum atomic E-state index is 13.7. The molecule has 57 heavy (non-hydrogen) atoms. The van der Waals surface area contributed by atoms with Crippen molar-refractivity contribution in [3.63, 3.8) is 0 Å². The number of aromatic nitrogens is 3. The largest absolute Gasteiger partial charge is 0.376 e. The molecule has 0 radical (unpaired) electrons. The predicted octanol–water partition coefficient (Wildman–Crippen LogP) is 7.25. The molecule has 7 rings (SSSR count). The summed E-state index contributed by atoms with van der Waals surface area (Å²) in [5.74, 6) is 0.755. The lowest BCUT2D eigenvalue weighted by Crippen LogP contribution is -2.46. The highest BCUT2D eigenvalue weighted by Crippen LogP contribution is 2.32.